The Balaban J connectivity index is 2.21. The first-order valence-corrected chi connectivity index (χ1v) is 6.84. The summed E-state index contributed by atoms with van der Waals surface area (Å²) in [5, 5.41) is 3.53. The van der Waals surface area contributed by atoms with E-state index in [0.29, 0.717) is 6.04 Å². The summed E-state index contributed by atoms with van der Waals surface area (Å²) >= 11 is 5.29. The summed E-state index contributed by atoms with van der Waals surface area (Å²) in [5.41, 5.74) is 0. The molecule has 15 heavy (non-hydrogen) atoms. The fourth-order valence-corrected chi connectivity index (χ4v) is 2.83. The molecule has 0 aromatic carbocycles. The molecule has 1 rings (SSSR count). The average molecular weight is 291 g/mol. The SMILES string of the molecule is CC(NCCCN(C)C)c1ccc(Br)s1. The number of hydrogen-bond donors (Lipinski definition) is 1. The van der Waals surface area contributed by atoms with Crippen LogP contribution < -0.4 is 5.32 Å². The first-order valence-electron chi connectivity index (χ1n) is 5.23. The Morgan fingerprint density at radius 3 is 2.73 bits per heavy atom. The Morgan fingerprint density at radius 1 is 1.47 bits per heavy atom. The van der Waals surface area contributed by atoms with Crippen molar-refractivity contribution in [3.05, 3.63) is 20.8 Å². The summed E-state index contributed by atoms with van der Waals surface area (Å²) in [6, 6.07) is 4.75. The van der Waals surface area contributed by atoms with Crippen LogP contribution in [0.1, 0.15) is 24.3 Å². The monoisotopic (exact) mass is 290 g/mol. The maximum atomic E-state index is 3.53. The fourth-order valence-electron chi connectivity index (χ4n) is 1.38. The van der Waals surface area contributed by atoms with Crippen molar-refractivity contribution in [3.8, 4) is 0 Å². The molecule has 1 heterocycles. The predicted octanol–water partition coefficient (Wildman–Crippen LogP) is 3.11. The second kappa shape index (κ2) is 6.63. The third-order valence-electron chi connectivity index (χ3n) is 2.25. The lowest BCUT2D eigenvalue weighted by Crippen LogP contribution is -2.23. The van der Waals surface area contributed by atoms with Gasteiger partial charge in [-0.2, -0.15) is 0 Å². The molecule has 1 unspecified atom stereocenters. The molecule has 2 nitrogen and oxygen atoms in total. The van der Waals surface area contributed by atoms with Crippen molar-refractivity contribution < 1.29 is 0 Å². The first kappa shape index (κ1) is 13.2. The molecule has 0 saturated heterocycles. The van der Waals surface area contributed by atoms with Crippen LogP contribution in [0.3, 0.4) is 0 Å². The van der Waals surface area contributed by atoms with E-state index in [-0.39, 0.29) is 0 Å². The molecule has 1 atom stereocenters. The van der Waals surface area contributed by atoms with Crippen LogP contribution in [0.15, 0.2) is 15.9 Å². The molecule has 0 radical (unpaired) electrons. The normalized spacial score (nSPS) is 13.4. The second-order valence-electron chi connectivity index (χ2n) is 3.97. The highest BCUT2D eigenvalue weighted by molar-refractivity contribution is 9.11. The first-order chi connectivity index (χ1) is 7.09. The number of thiophene rings is 1. The molecule has 1 N–H and O–H groups in total. The van der Waals surface area contributed by atoms with Crippen molar-refractivity contribution in [1.82, 2.24) is 10.2 Å². The number of nitrogens with one attached hydrogen (secondary N) is 1. The Kier molecular flexibility index (Phi) is 5.82. The molecule has 0 saturated carbocycles. The van der Waals surface area contributed by atoms with Crippen LogP contribution >= 0.6 is 27.3 Å². The summed E-state index contributed by atoms with van der Waals surface area (Å²) in [4.78, 5) is 3.61. The van der Waals surface area contributed by atoms with Crippen LogP contribution in [0, 0.1) is 0 Å². The Labute approximate surface area is 105 Å². The molecule has 0 fully saturated rings. The van der Waals surface area contributed by atoms with Crippen LogP contribution in [0.5, 0.6) is 0 Å². The zero-order chi connectivity index (χ0) is 11.3. The maximum Gasteiger partial charge on any atom is 0.0701 e. The molecule has 1 aromatic heterocycles. The number of hydrogen-bond acceptors (Lipinski definition) is 3. The molecule has 0 aliphatic rings. The highest BCUT2D eigenvalue weighted by Gasteiger charge is 2.06. The van der Waals surface area contributed by atoms with Gasteiger partial charge in [0.25, 0.3) is 0 Å². The molecule has 0 spiro atoms. The summed E-state index contributed by atoms with van der Waals surface area (Å²) in [6.45, 7) is 4.44. The molecule has 0 aliphatic carbocycles. The van der Waals surface area contributed by atoms with E-state index in [0.717, 1.165) is 13.1 Å². The maximum absolute atomic E-state index is 3.53. The fraction of sp³-hybridized carbons (Fsp3) is 0.636. The molecular formula is C11H19BrN2S. The Hall–Kier alpha value is 0.1000. The molecule has 0 aliphatic heterocycles. The lowest BCUT2D eigenvalue weighted by Gasteiger charge is -2.13. The van der Waals surface area contributed by atoms with Crippen molar-refractivity contribution in [3.63, 3.8) is 0 Å². The van der Waals surface area contributed by atoms with E-state index in [9.17, 15) is 0 Å². The predicted molar refractivity (Wildman–Crippen MR) is 71.6 cm³/mol. The minimum Gasteiger partial charge on any atom is -0.309 e. The Bertz CT molecular complexity index is 286. The van der Waals surface area contributed by atoms with E-state index in [2.05, 4.69) is 59.3 Å². The van der Waals surface area contributed by atoms with Gasteiger partial charge in [-0.1, -0.05) is 0 Å². The molecule has 0 amide bonds. The van der Waals surface area contributed by atoms with Gasteiger partial charge in [0, 0.05) is 10.9 Å². The zero-order valence-corrected chi connectivity index (χ0v) is 12.0. The van der Waals surface area contributed by atoms with Gasteiger partial charge < -0.3 is 10.2 Å². The van der Waals surface area contributed by atoms with E-state index in [1.54, 1.807) is 11.3 Å². The van der Waals surface area contributed by atoms with Gasteiger partial charge in [0.2, 0.25) is 0 Å². The van der Waals surface area contributed by atoms with Gasteiger partial charge in [0.15, 0.2) is 0 Å². The third kappa shape index (κ3) is 5.11. The van der Waals surface area contributed by atoms with Gasteiger partial charge in [-0.25, -0.2) is 0 Å². The quantitative estimate of drug-likeness (QED) is 0.810. The topological polar surface area (TPSA) is 15.3 Å². The van der Waals surface area contributed by atoms with E-state index in [4.69, 9.17) is 0 Å². The average Bonchev–Trinajstić information content (AvgIpc) is 2.59. The van der Waals surface area contributed by atoms with Gasteiger partial charge >= 0.3 is 0 Å². The smallest absolute Gasteiger partial charge is 0.0701 e. The van der Waals surface area contributed by atoms with Crippen molar-refractivity contribution >= 4 is 27.3 Å². The highest BCUT2D eigenvalue weighted by atomic mass is 79.9. The Morgan fingerprint density at radius 2 is 2.20 bits per heavy atom. The van der Waals surface area contributed by atoms with Gasteiger partial charge in [-0.3, -0.25) is 0 Å². The summed E-state index contributed by atoms with van der Waals surface area (Å²) in [7, 11) is 4.22. The van der Waals surface area contributed by atoms with Gasteiger partial charge in [0.05, 0.1) is 3.79 Å². The lowest BCUT2D eigenvalue weighted by atomic mass is 10.2. The molecule has 86 valence electrons. The van der Waals surface area contributed by atoms with Gasteiger partial charge in [-0.15, -0.1) is 11.3 Å². The third-order valence-corrected chi connectivity index (χ3v) is 4.06. The minimum absolute atomic E-state index is 0.462. The number of rotatable bonds is 6. The number of halogens is 1. The van der Waals surface area contributed by atoms with Crippen molar-refractivity contribution in [1.29, 1.82) is 0 Å². The van der Waals surface area contributed by atoms with Crippen molar-refractivity contribution in [2.45, 2.75) is 19.4 Å². The van der Waals surface area contributed by atoms with Gasteiger partial charge in [-0.05, 0) is 68.6 Å². The molecular weight excluding hydrogens is 272 g/mol. The van der Waals surface area contributed by atoms with Crippen LogP contribution in [-0.2, 0) is 0 Å². The summed E-state index contributed by atoms with van der Waals surface area (Å²) in [6.07, 6.45) is 1.20. The number of nitrogens with zero attached hydrogens (tertiary/aromatic N) is 1. The van der Waals surface area contributed by atoms with Crippen molar-refractivity contribution in [2.75, 3.05) is 27.2 Å². The largest absolute Gasteiger partial charge is 0.309 e. The molecule has 0 bridgehead atoms. The zero-order valence-electron chi connectivity index (χ0n) is 9.59. The van der Waals surface area contributed by atoms with Crippen molar-refractivity contribution in [2.24, 2.45) is 0 Å². The van der Waals surface area contributed by atoms with Crippen LogP contribution in [-0.4, -0.2) is 32.1 Å². The standard InChI is InChI=1S/C11H19BrN2S/c1-9(10-5-6-11(12)15-10)13-7-4-8-14(2)3/h5-6,9,13H,4,7-8H2,1-3H3. The van der Waals surface area contributed by atoms with Gasteiger partial charge in [0.1, 0.15) is 0 Å². The van der Waals surface area contributed by atoms with Crippen LogP contribution in [0.2, 0.25) is 0 Å². The minimum atomic E-state index is 0.462. The van der Waals surface area contributed by atoms with E-state index in [1.165, 1.54) is 15.1 Å². The lowest BCUT2D eigenvalue weighted by molar-refractivity contribution is 0.389. The van der Waals surface area contributed by atoms with E-state index >= 15 is 0 Å². The van der Waals surface area contributed by atoms with Crippen LogP contribution in [0.25, 0.3) is 0 Å². The molecule has 1 aromatic rings. The highest BCUT2D eigenvalue weighted by Crippen LogP contribution is 2.26. The van der Waals surface area contributed by atoms with E-state index < -0.39 is 0 Å². The van der Waals surface area contributed by atoms with E-state index in [1.807, 2.05) is 0 Å². The van der Waals surface area contributed by atoms with Crippen LogP contribution in [0.4, 0.5) is 0 Å². The second-order valence-corrected chi connectivity index (χ2v) is 6.47. The summed E-state index contributed by atoms with van der Waals surface area (Å²) < 4.78 is 1.21. The summed E-state index contributed by atoms with van der Waals surface area (Å²) in [5.74, 6) is 0. The molecule has 4 heteroatoms.